The quantitative estimate of drug-likeness (QED) is 0.644. The Morgan fingerprint density at radius 1 is 1.13 bits per heavy atom. The van der Waals surface area contributed by atoms with Gasteiger partial charge < -0.3 is 14.8 Å². The van der Waals surface area contributed by atoms with Crippen LogP contribution in [0.1, 0.15) is 5.69 Å². The van der Waals surface area contributed by atoms with E-state index >= 15 is 0 Å². The molecule has 1 aromatic heterocycles. The maximum absolute atomic E-state index is 13.3. The van der Waals surface area contributed by atoms with Crippen molar-refractivity contribution in [2.24, 2.45) is 0 Å². The van der Waals surface area contributed by atoms with E-state index in [1.807, 2.05) is 0 Å². The van der Waals surface area contributed by atoms with Crippen molar-refractivity contribution in [1.29, 1.82) is 0 Å². The number of benzene rings is 2. The normalized spacial score (nSPS) is 10.6. The molecule has 156 valence electrons. The van der Waals surface area contributed by atoms with Crippen LogP contribution in [-0.2, 0) is 11.3 Å². The number of ether oxygens (including phenoxy) is 2. The Balaban J connectivity index is 1.93. The lowest BCUT2D eigenvalue weighted by atomic mass is 10.2. The van der Waals surface area contributed by atoms with Gasteiger partial charge in [-0.1, -0.05) is 11.6 Å². The highest BCUT2D eigenvalue weighted by atomic mass is 35.5. The van der Waals surface area contributed by atoms with Crippen molar-refractivity contribution in [2.75, 3.05) is 19.5 Å². The van der Waals surface area contributed by atoms with Crippen LogP contribution >= 0.6 is 11.6 Å². The van der Waals surface area contributed by atoms with Crippen LogP contribution in [0.5, 0.6) is 11.5 Å². The molecular weight excluding hydrogens is 413 g/mol. The number of halogens is 2. The largest absolute Gasteiger partial charge is 0.495 e. The van der Waals surface area contributed by atoms with Gasteiger partial charge in [0.15, 0.2) is 0 Å². The standard InChI is InChI=1S/C21H19ClFN3O4/c1-12-8-20(28)26(21(24-12)13-4-6-14(23)7-5-13)11-19(27)25-16-9-15(22)17(29-2)10-18(16)30-3/h4-10H,11H2,1-3H3,(H,25,27). The molecule has 0 aliphatic carbocycles. The van der Waals surface area contributed by atoms with E-state index in [9.17, 15) is 14.0 Å². The molecule has 1 amide bonds. The summed E-state index contributed by atoms with van der Waals surface area (Å²) in [6.45, 7) is 1.36. The highest BCUT2D eigenvalue weighted by molar-refractivity contribution is 6.32. The van der Waals surface area contributed by atoms with Gasteiger partial charge in [0.25, 0.3) is 5.56 Å². The predicted molar refractivity (Wildman–Crippen MR) is 112 cm³/mol. The summed E-state index contributed by atoms with van der Waals surface area (Å²) in [6.07, 6.45) is 0. The molecule has 30 heavy (non-hydrogen) atoms. The van der Waals surface area contributed by atoms with Crippen LogP contribution in [0, 0.1) is 12.7 Å². The zero-order valence-electron chi connectivity index (χ0n) is 16.5. The SMILES string of the molecule is COc1cc(OC)c(NC(=O)Cn2c(-c3ccc(F)cc3)nc(C)cc2=O)cc1Cl. The molecule has 0 radical (unpaired) electrons. The summed E-state index contributed by atoms with van der Waals surface area (Å²) in [5.41, 5.74) is 0.913. The Bertz CT molecular complexity index is 1150. The number of anilines is 1. The zero-order valence-corrected chi connectivity index (χ0v) is 17.3. The lowest BCUT2D eigenvalue weighted by Crippen LogP contribution is -2.29. The first-order valence-corrected chi connectivity index (χ1v) is 9.26. The predicted octanol–water partition coefficient (Wildman–Crippen LogP) is 3.67. The molecule has 1 N–H and O–H groups in total. The van der Waals surface area contributed by atoms with Crippen LogP contribution in [0.2, 0.25) is 5.02 Å². The summed E-state index contributed by atoms with van der Waals surface area (Å²) in [5.74, 6) is 0.0869. The third kappa shape index (κ3) is 4.60. The third-order valence-corrected chi connectivity index (χ3v) is 4.58. The molecule has 2 aromatic carbocycles. The highest BCUT2D eigenvalue weighted by Gasteiger charge is 2.16. The first-order valence-electron chi connectivity index (χ1n) is 8.88. The van der Waals surface area contributed by atoms with Gasteiger partial charge in [0.05, 0.1) is 24.9 Å². The van der Waals surface area contributed by atoms with E-state index in [1.165, 1.54) is 55.2 Å². The molecule has 9 heteroatoms. The average molecular weight is 432 g/mol. The Morgan fingerprint density at radius 2 is 1.80 bits per heavy atom. The molecule has 0 saturated heterocycles. The van der Waals surface area contributed by atoms with Crippen molar-refractivity contribution >= 4 is 23.2 Å². The van der Waals surface area contributed by atoms with Crippen molar-refractivity contribution < 1.29 is 18.7 Å². The molecule has 0 fully saturated rings. The van der Waals surface area contributed by atoms with Crippen molar-refractivity contribution in [3.05, 3.63) is 69.4 Å². The van der Waals surface area contributed by atoms with Crippen LogP contribution in [-0.4, -0.2) is 29.7 Å². The minimum atomic E-state index is -0.495. The number of hydrogen-bond donors (Lipinski definition) is 1. The number of carbonyl (C=O) groups is 1. The number of amides is 1. The van der Waals surface area contributed by atoms with E-state index in [-0.39, 0.29) is 17.4 Å². The zero-order chi connectivity index (χ0) is 21.8. The molecule has 7 nitrogen and oxygen atoms in total. The van der Waals surface area contributed by atoms with Crippen LogP contribution in [0.3, 0.4) is 0 Å². The fourth-order valence-corrected chi connectivity index (χ4v) is 3.12. The average Bonchev–Trinajstić information content (AvgIpc) is 2.70. The fraction of sp³-hybridized carbons (Fsp3) is 0.190. The van der Waals surface area contributed by atoms with Gasteiger partial charge in [-0.3, -0.25) is 14.2 Å². The molecule has 0 spiro atoms. The summed E-state index contributed by atoms with van der Waals surface area (Å²) >= 11 is 6.14. The lowest BCUT2D eigenvalue weighted by molar-refractivity contribution is -0.116. The van der Waals surface area contributed by atoms with Crippen LogP contribution in [0.15, 0.2) is 47.3 Å². The second kappa shape index (κ2) is 8.96. The molecule has 0 bridgehead atoms. The fourth-order valence-electron chi connectivity index (χ4n) is 2.88. The first-order chi connectivity index (χ1) is 14.3. The van der Waals surface area contributed by atoms with Gasteiger partial charge in [-0.2, -0.15) is 0 Å². The van der Waals surface area contributed by atoms with Crippen molar-refractivity contribution in [2.45, 2.75) is 13.5 Å². The number of carbonyl (C=O) groups excluding carboxylic acids is 1. The maximum Gasteiger partial charge on any atom is 0.254 e. The summed E-state index contributed by atoms with van der Waals surface area (Å²) in [4.78, 5) is 29.6. The van der Waals surface area contributed by atoms with Crippen LogP contribution in [0.4, 0.5) is 10.1 Å². The number of nitrogens with zero attached hydrogens (tertiary/aromatic N) is 2. The monoisotopic (exact) mass is 431 g/mol. The third-order valence-electron chi connectivity index (χ3n) is 4.29. The summed E-state index contributed by atoms with van der Waals surface area (Å²) in [7, 11) is 2.91. The van der Waals surface area contributed by atoms with E-state index < -0.39 is 17.3 Å². The number of hydrogen-bond acceptors (Lipinski definition) is 5. The summed E-state index contributed by atoms with van der Waals surface area (Å²) in [5, 5.41) is 2.97. The van der Waals surface area contributed by atoms with Gasteiger partial charge in [0.2, 0.25) is 5.91 Å². The molecule has 1 heterocycles. The Hall–Kier alpha value is -3.39. The van der Waals surface area contributed by atoms with Crippen molar-refractivity contribution in [3.8, 4) is 22.9 Å². The van der Waals surface area contributed by atoms with Crippen LogP contribution in [0.25, 0.3) is 11.4 Å². The van der Waals surface area contributed by atoms with E-state index in [1.54, 1.807) is 13.0 Å². The summed E-state index contributed by atoms with van der Waals surface area (Å²) in [6, 6.07) is 9.88. The van der Waals surface area contributed by atoms with Gasteiger partial charge >= 0.3 is 0 Å². The molecule has 0 atom stereocenters. The van der Waals surface area contributed by atoms with Gasteiger partial charge in [-0.05, 0) is 37.3 Å². The number of rotatable bonds is 6. The van der Waals surface area contributed by atoms with Crippen LogP contribution < -0.4 is 20.3 Å². The lowest BCUT2D eigenvalue weighted by Gasteiger charge is -2.15. The van der Waals surface area contributed by atoms with Gasteiger partial charge in [0, 0.05) is 23.4 Å². The minimum absolute atomic E-state index is 0.259. The number of nitrogens with one attached hydrogen (secondary N) is 1. The van der Waals surface area contributed by atoms with Crippen molar-refractivity contribution in [3.63, 3.8) is 0 Å². The van der Waals surface area contributed by atoms with Gasteiger partial charge in [0.1, 0.15) is 29.7 Å². The van der Waals surface area contributed by atoms with Crippen molar-refractivity contribution in [1.82, 2.24) is 9.55 Å². The second-order valence-corrected chi connectivity index (χ2v) is 6.79. The molecular formula is C21H19ClFN3O4. The second-order valence-electron chi connectivity index (χ2n) is 6.39. The van der Waals surface area contributed by atoms with E-state index in [4.69, 9.17) is 21.1 Å². The topological polar surface area (TPSA) is 82.4 Å². The molecule has 3 rings (SSSR count). The molecule has 0 unspecified atom stereocenters. The smallest absolute Gasteiger partial charge is 0.254 e. The van der Waals surface area contributed by atoms with E-state index in [0.717, 1.165) is 0 Å². The van der Waals surface area contributed by atoms with E-state index in [0.29, 0.717) is 28.4 Å². The Labute approximate surface area is 177 Å². The first kappa shape index (κ1) is 21.3. The van der Waals surface area contributed by atoms with Gasteiger partial charge in [-0.15, -0.1) is 0 Å². The maximum atomic E-state index is 13.3. The van der Waals surface area contributed by atoms with E-state index in [2.05, 4.69) is 10.3 Å². The molecule has 3 aromatic rings. The Morgan fingerprint density at radius 3 is 2.43 bits per heavy atom. The molecule has 0 saturated carbocycles. The number of methoxy groups -OCH3 is 2. The number of aryl methyl sites for hydroxylation is 1. The molecule has 0 aliphatic rings. The van der Waals surface area contributed by atoms with Gasteiger partial charge in [-0.25, -0.2) is 9.37 Å². The Kier molecular flexibility index (Phi) is 6.37. The number of aromatic nitrogens is 2. The minimum Gasteiger partial charge on any atom is -0.495 e. The highest BCUT2D eigenvalue weighted by Crippen LogP contribution is 2.35. The molecule has 0 aliphatic heterocycles. The summed E-state index contributed by atoms with van der Waals surface area (Å²) < 4.78 is 24.9.